The van der Waals surface area contributed by atoms with Crippen LogP contribution in [0.4, 0.5) is 0 Å². The molecule has 20 heavy (non-hydrogen) atoms. The predicted molar refractivity (Wildman–Crippen MR) is 76.3 cm³/mol. The van der Waals surface area contributed by atoms with Crippen LogP contribution in [0.25, 0.3) is 0 Å². The highest BCUT2D eigenvalue weighted by Gasteiger charge is 2.13. The molecule has 0 aliphatic carbocycles. The van der Waals surface area contributed by atoms with Crippen molar-refractivity contribution in [3.8, 4) is 0 Å². The molecule has 0 unspecified atom stereocenters. The van der Waals surface area contributed by atoms with E-state index < -0.39 is 18.0 Å². The SMILES string of the molecule is CN[C@@H](CCCN=C(N)N)C(=O)O.NCCCC(=O)O. The molecular weight excluding hydrogens is 266 g/mol. The molecule has 0 saturated heterocycles. The first-order chi connectivity index (χ1) is 9.34. The van der Waals surface area contributed by atoms with Gasteiger partial charge < -0.3 is 32.7 Å². The van der Waals surface area contributed by atoms with Crippen molar-refractivity contribution in [1.82, 2.24) is 5.32 Å². The Kier molecular flexibility index (Phi) is 13.9. The van der Waals surface area contributed by atoms with E-state index >= 15 is 0 Å². The Morgan fingerprint density at radius 1 is 1.25 bits per heavy atom. The van der Waals surface area contributed by atoms with Crippen LogP contribution in [-0.4, -0.2) is 54.3 Å². The van der Waals surface area contributed by atoms with E-state index in [1.807, 2.05) is 0 Å². The molecule has 0 aromatic rings. The van der Waals surface area contributed by atoms with Crippen LogP contribution in [-0.2, 0) is 9.59 Å². The summed E-state index contributed by atoms with van der Waals surface area (Å²) in [5.41, 5.74) is 15.2. The Morgan fingerprint density at radius 3 is 2.15 bits per heavy atom. The van der Waals surface area contributed by atoms with Gasteiger partial charge >= 0.3 is 11.9 Å². The van der Waals surface area contributed by atoms with Gasteiger partial charge in [0.25, 0.3) is 0 Å². The summed E-state index contributed by atoms with van der Waals surface area (Å²) in [6.07, 6.45) is 1.93. The Hall–Kier alpha value is -1.87. The van der Waals surface area contributed by atoms with Crippen LogP contribution in [0.3, 0.4) is 0 Å². The minimum absolute atomic E-state index is 0.0383. The third-order valence-electron chi connectivity index (χ3n) is 2.19. The van der Waals surface area contributed by atoms with Gasteiger partial charge in [0.1, 0.15) is 6.04 Å². The second-order valence-corrected chi connectivity index (χ2v) is 3.91. The van der Waals surface area contributed by atoms with Gasteiger partial charge in [-0.2, -0.15) is 0 Å². The van der Waals surface area contributed by atoms with Crippen molar-refractivity contribution in [2.75, 3.05) is 20.1 Å². The summed E-state index contributed by atoms with van der Waals surface area (Å²) in [5, 5.41) is 19.3. The van der Waals surface area contributed by atoms with Crippen molar-refractivity contribution in [2.24, 2.45) is 22.2 Å². The van der Waals surface area contributed by atoms with Gasteiger partial charge in [-0.15, -0.1) is 0 Å². The Bertz CT molecular complexity index is 305. The molecule has 0 amide bonds. The second-order valence-electron chi connectivity index (χ2n) is 3.91. The minimum Gasteiger partial charge on any atom is -0.481 e. The molecule has 0 rings (SSSR count). The van der Waals surface area contributed by atoms with Crippen molar-refractivity contribution in [2.45, 2.75) is 31.7 Å². The first-order valence-electron chi connectivity index (χ1n) is 6.22. The molecule has 9 nitrogen and oxygen atoms in total. The zero-order chi connectivity index (χ0) is 16.0. The average Bonchev–Trinajstić information content (AvgIpc) is 2.36. The summed E-state index contributed by atoms with van der Waals surface area (Å²) < 4.78 is 0. The molecule has 0 aromatic carbocycles. The number of nitrogens with two attached hydrogens (primary N) is 3. The largest absolute Gasteiger partial charge is 0.481 e. The van der Waals surface area contributed by atoms with Crippen LogP contribution in [0, 0.1) is 0 Å². The van der Waals surface area contributed by atoms with Gasteiger partial charge in [-0.3, -0.25) is 14.6 Å². The Morgan fingerprint density at radius 2 is 1.85 bits per heavy atom. The zero-order valence-corrected chi connectivity index (χ0v) is 11.7. The quantitative estimate of drug-likeness (QED) is 0.169. The summed E-state index contributed by atoms with van der Waals surface area (Å²) in [4.78, 5) is 24.0. The van der Waals surface area contributed by atoms with Gasteiger partial charge in [-0.05, 0) is 32.9 Å². The number of aliphatic carboxylic acids is 2. The van der Waals surface area contributed by atoms with E-state index in [0.717, 1.165) is 0 Å². The lowest BCUT2D eigenvalue weighted by molar-refractivity contribution is -0.139. The summed E-state index contributed by atoms with van der Waals surface area (Å²) in [6.45, 7) is 0.931. The minimum atomic E-state index is -0.854. The van der Waals surface area contributed by atoms with Crippen LogP contribution < -0.4 is 22.5 Å². The van der Waals surface area contributed by atoms with Gasteiger partial charge in [0.2, 0.25) is 0 Å². The van der Waals surface area contributed by atoms with E-state index in [0.29, 0.717) is 32.4 Å². The Balaban J connectivity index is 0. The highest BCUT2D eigenvalue weighted by Crippen LogP contribution is 1.97. The number of nitrogens with zero attached hydrogens (tertiary/aromatic N) is 1. The van der Waals surface area contributed by atoms with Crippen LogP contribution in [0.1, 0.15) is 25.7 Å². The molecule has 0 bridgehead atoms. The molecule has 0 aliphatic rings. The number of guanidine groups is 1. The zero-order valence-electron chi connectivity index (χ0n) is 11.7. The lowest BCUT2D eigenvalue weighted by Gasteiger charge is -2.09. The van der Waals surface area contributed by atoms with Gasteiger partial charge in [0.05, 0.1) is 0 Å². The molecule has 118 valence electrons. The van der Waals surface area contributed by atoms with Crippen LogP contribution >= 0.6 is 0 Å². The number of hydrogen-bond donors (Lipinski definition) is 6. The van der Waals surface area contributed by atoms with Crippen molar-refractivity contribution >= 4 is 17.9 Å². The summed E-state index contributed by atoms with van der Waals surface area (Å²) in [7, 11) is 1.61. The van der Waals surface area contributed by atoms with Gasteiger partial charge in [-0.25, -0.2) is 0 Å². The van der Waals surface area contributed by atoms with E-state index in [4.69, 9.17) is 27.4 Å². The summed E-state index contributed by atoms with van der Waals surface area (Å²) in [5.74, 6) is -1.59. The molecule has 0 aromatic heterocycles. The molecule has 9 heteroatoms. The van der Waals surface area contributed by atoms with E-state index in [9.17, 15) is 9.59 Å². The average molecular weight is 291 g/mol. The van der Waals surface area contributed by atoms with Crippen molar-refractivity contribution < 1.29 is 19.8 Å². The molecule has 0 heterocycles. The molecule has 9 N–H and O–H groups in total. The van der Waals surface area contributed by atoms with Crippen LogP contribution in [0.2, 0.25) is 0 Å². The van der Waals surface area contributed by atoms with Gasteiger partial charge in [-0.1, -0.05) is 0 Å². The molecule has 1 atom stereocenters. The molecular formula is C11H25N5O4. The number of likely N-dealkylation sites (N-methyl/N-ethyl adjacent to an activating group) is 1. The normalized spacial score (nSPS) is 10.9. The van der Waals surface area contributed by atoms with E-state index in [1.165, 1.54) is 0 Å². The number of carboxylic acids is 2. The Labute approximate surface area is 118 Å². The van der Waals surface area contributed by atoms with E-state index in [-0.39, 0.29) is 12.4 Å². The highest BCUT2D eigenvalue weighted by atomic mass is 16.4. The molecule has 0 spiro atoms. The topological polar surface area (TPSA) is 177 Å². The number of nitrogens with one attached hydrogen (secondary N) is 1. The van der Waals surface area contributed by atoms with Crippen molar-refractivity contribution in [3.05, 3.63) is 0 Å². The number of carboxylic acid groups (broad SMARTS) is 2. The first-order valence-corrected chi connectivity index (χ1v) is 6.22. The molecule has 0 aliphatic heterocycles. The van der Waals surface area contributed by atoms with Crippen molar-refractivity contribution in [3.63, 3.8) is 0 Å². The van der Waals surface area contributed by atoms with Gasteiger partial charge in [0.15, 0.2) is 5.96 Å². The fourth-order valence-electron chi connectivity index (χ4n) is 1.15. The molecule has 0 radical (unpaired) electrons. The third-order valence-corrected chi connectivity index (χ3v) is 2.19. The fourth-order valence-corrected chi connectivity index (χ4v) is 1.15. The lowest BCUT2D eigenvalue weighted by atomic mass is 10.1. The van der Waals surface area contributed by atoms with Gasteiger partial charge in [0, 0.05) is 13.0 Å². The number of carbonyl (C=O) groups is 2. The summed E-state index contributed by atoms with van der Waals surface area (Å²) in [6, 6.07) is -0.519. The van der Waals surface area contributed by atoms with Crippen molar-refractivity contribution in [1.29, 1.82) is 0 Å². The summed E-state index contributed by atoms with van der Waals surface area (Å²) >= 11 is 0. The number of hydrogen-bond acceptors (Lipinski definition) is 5. The maximum absolute atomic E-state index is 10.5. The second kappa shape index (κ2) is 13.6. The monoisotopic (exact) mass is 291 g/mol. The van der Waals surface area contributed by atoms with Crippen LogP contribution in [0.15, 0.2) is 4.99 Å². The van der Waals surface area contributed by atoms with Crippen LogP contribution in [0.5, 0.6) is 0 Å². The van der Waals surface area contributed by atoms with E-state index in [2.05, 4.69) is 10.3 Å². The van der Waals surface area contributed by atoms with E-state index in [1.54, 1.807) is 7.05 Å². The maximum atomic E-state index is 10.5. The maximum Gasteiger partial charge on any atom is 0.320 e. The third kappa shape index (κ3) is 16.1. The fraction of sp³-hybridized carbons (Fsp3) is 0.727. The number of aliphatic imine (C=N–C) groups is 1. The molecule has 0 saturated carbocycles. The smallest absolute Gasteiger partial charge is 0.320 e. The predicted octanol–water partition coefficient (Wildman–Crippen LogP) is -1.48. The lowest BCUT2D eigenvalue weighted by Crippen LogP contribution is -2.33. The highest BCUT2D eigenvalue weighted by molar-refractivity contribution is 5.75. The standard InChI is InChI=1S/C7H16N4O2.C4H9NO2/c1-10-5(6(12)13)3-2-4-11-7(8)9;5-3-1-2-4(6)7/h5,10H,2-4H2,1H3,(H,12,13)(H4,8,9,11);1-3,5H2,(H,6,7)/t5-;/m0./s1. The molecule has 0 fully saturated rings. The number of rotatable bonds is 9. The first kappa shape index (κ1) is 20.4.